The molecule has 32 heavy (non-hydrogen) atoms. The second-order valence-corrected chi connectivity index (χ2v) is 7.03. The Balaban J connectivity index is 1.63. The summed E-state index contributed by atoms with van der Waals surface area (Å²) in [6.45, 7) is 1.77. The summed E-state index contributed by atoms with van der Waals surface area (Å²) in [7, 11) is 0. The molecule has 2 aromatic heterocycles. The number of anilines is 1. The third-order valence-corrected chi connectivity index (χ3v) is 4.80. The molecule has 158 valence electrons. The molecule has 0 atom stereocenters. The van der Waals surface area contributed by atoms with Gasteiger partial charge in [-0.1, -0.05) is 24.3 Å². The summed E-state index contributed by atoms with van der Waals surface area (Å²) >= 11 is 0. The lowest BCUT2D eigenvalue weighted by atomic mass is 10.1. The van der Waals surface area contributed by atoms with Crippen LogP contribution in [-0.2, 0) is 4.79 Å². The van der Waals surface area contributed by atoms with Gasteiger partial charge in [-0.2, -0.15) is 5.10 Å². The van der Waals surface area contributed by atoms with Crippen molar-refractivity contribution < 1.29 is 9.72 Å². The number of nitrogens with zero attached hydrogens (tertiary/aromatic N) is 4. The van der Waals surface area contributed by atoms with Gasteiger partial charge in [0.05, 0.1) is 16.3 Å². The van der Waals surface area contributed by atoms with Crippen LogP contribution in [0.15, 0.2) is 85.3 Å². The van der Waals surface area contributed by atoms with E-state index in [1.54, 1.807) is 36.1 Å². The predicted molar refractivity (Wildman–Crippen MR) is 122 cm³/mol. The van der Waals surface area contributed by atoms with E-state index in [0.29, 0.717) is 11.4 Å². The van der Waals surface area contributed by atoms with Gasteiger partial charge in [0, 0.05) is 47.9 Å². The number of benzene rings is 2. The Hall–Kier alpha value is -4.59. The fourth-order valence-electron chi connectivity index (χ4n) is 3.15. The fraction of sp³-hybridized carbons (Fsp3) is 0.0417. The minimum absolute atomic E-state index is 0.0853. The number of nitro benzene ring substituents is 1. The molecule has 4 aromatic rings. The number of nitro groups is 1. The van der Waals surface area contributed by atoms with Crippen molar-refractivity contribution in [3.8, 4) is 16.9 Å². The van der Waals surface area contributed by atoms with Crippen LogP contribution in [0.1, 0.15) is 11.1 Å². The van der Waals surface area contributed by atoms with E-state index in [2.05, 4.69) is 15.4 Å². The fourth-order valence-corrected chi connectivity index (χ4v) is 3.15. The predicted octanol–water partition coefficient (Wildman–Crippen LogP) is 4.80. The van der Waals surface area contributed by atoms with Gasteiger partial charge < -0.3 is 5.32 Å². The molecule has 0 aliphatic heterocycles. The summed E-state index contributed by atoms with van der Waals surface area (Å²) < 4.78 is 1.74. The van der Waals surface area contributed by atoms with Crippen LogP contribution in [0, 0.1) is 17.0 Å². The van der Waals surface area contributed by atoms with Gasteiger partial charge >= 0.3 is 0 Å². The van der Waals surface area contributed by atoms with Crippen molar-refractivity contribution >= 4 is 23.4 Å². The van der Waals surface area contributed by atoms with Gasteiger partial charge in [-0.3, -0.25) is 19.9 Å². The number of hydrogen-bond donors (Lipinski definition) is 1. The number of carbonyl (C=O) groups is 1. The molecule has 2 aromatic carbocycles. The molecule has 0 bridgehead atoms. The van der Waals surface area contributed by atoms with Crippen LogP contribution in [0.3, 0.4) is 0 Å². The molecule has 0 aliphatic carbocycles. The van der Waals surface area contributed by atoms with Crippen molar-refractivity contribution in [1.82, 2.24) is 14.8 Å². The average Bonchev–Trinajstić information content (AvgIpc) is 3.24. The maximum atomic E-state index is 12.5. The first-order valence-corrected chi connectivity index (χ1v) is 9.81. The van der Waals surface area contributed by atoms with Gasteiger partial charge in [-0.15, -0.1) is 0 Å². The number of rotatable bonds is 6. The molecule has 0 radical (unpaired) electrons. The number of pyridine rings is 1. The Morgan fingerprint density at radius 1 is 1.12 bits per heavy atom. The number of aromatic nitrogens is 3. The summed E-state index contributed by atoms with van der Waals surface area (Å²) in [6.07, 6.45) is 8.27. The normalized spacial score (nSPS) is 10.9. The smallest absolute Gasteiger partial charge is 0.271 e. The van der Waals surface area contributed by atoms with Gasteiger partial charge in [-0.05, 0) is 42.8 Å². The van der Waals surface area contributed by atoms with E-state index in [0.717, 1.165) is 22.4 Å². The molecule has 0 unspecified atom stereocenters. The zero-order valence-corrected chi connectivity index (χ0v) is 17.2. The van der Waals surface area contributed by atoms with Crippen molar-refractivity contribution in [2.45, 2.75) is 6.92 Å². The highest BCUT2D eigenvalue weighted by Crippen LogP contribution is 2.25. The summed E-state index contributed by atoms with van der Waals surface area (Å²) in [5, 5.41) is 18.4. The van der Waals surface area contributed by atoms with Crippen LogP contribution in [0.2, 0.25) is 0 Å². The first-order valence-electron chi connectivity index (χ1n) is 9.81. The monoisotopic (exact) mass is 425 g/mol. The molecule has 4 rings (SSSR count). The molecule has 8 nitrogen and oxygen atoms in total. The SMILES string of the molecule is Cc1ccc([N+](=O)[O-])cc1NC(=O)/C=C/c1cn(-c2ccccc2)nc1-c1cccnc1. The number of amides is 1. The van der Waals surface area contributed by atoms with Crippen LogP contribution in [-0.4, -0.2) is 25.6 Å². The highest BCUT2D eigenvalue weighted by molar-refractivity contribution is 6.03. The lowest BCUT2D eigenvalue weighted by Gasteiger charge is -2.06. The van der Waals surface area contributed by atoms with Gasteiger partial charge in [0.2, 0.25) is 5.91 Å². The summed E-state index contributed by atoms with van der Waals surface area (Å²) in [5.74, 6) is -0.404. The third-order valence-electron chi connectivity index (χ3n) is 4.80. The molecule has 2 heterocycles. The zero-order valence-electron chi connectivity index (χ0n) is 17.2. The number of non-ortho nitro benzene ring substituents is 1. The Bertz CT molecular complexity index is 1300. The molecule has 0 aliphatic rings. The summed E-state index contributed by atoms with van der Waals surface area (Å²) in [5.41, 5.74) is 4.14. The van der Waals surface area contributed by atoms with Gasteiger partial charge in [-0.25, -0.2) is 4.68 Å². The number of nitrogens with one attached hydrogen (secondary N) is 1. The number of aryl methyl sites for hydroxylation is 1. The number of hydrogen-bond acceptors (Lipinski definition) is 5. The van der Waals surface area contributed by atoms with Crippen LogP contribution < -0.4 is 5.32 Å². The lowest BCUT2D eigenvalue weighted by Crippen LogP contribution is -2.09. The van der Waals surface area contributed by atoms with Crippen molar-refractivity contribution in [1.29, 1.82) is 0 Å². The van der Waals surface area contributed by atoms with Gasteiger partial charge in [0.25, 0.3) is 5.69 Å². The van der Waals surface area contributed by atoms with E-state index in [9.17, 15) is 14.9 Å². The highest BCUT2D eigenvalue weighted by atomic mass is 16.6. The second-order valence-electron chi connectivity index (χ2n) is 7.03. The Kier molecular flexibility index (Phi) is 5.85. The Labute approximate surface area is 184 Å². The topological polar surface area (TPSA) is 103 Å². The Morgan fingerprint density at radius 2 is 1.94 bits per heavy atom. The molecule has 0 saturated heterocycles. The van der Waals surface area contributed by atoms with Crippen LogP contribution in [0.4, 0.5) is 11.4 Å². The average molecular weight is 425 g/mol. The van der Waals surface area contributed by atoms with E-state index >= 15 is 0 Å². The first kappa shape index (κ1) is 20.7. The van der Waals surface area contributed by atoms with E-state index in [4.69, 9.17) is 0 Å². The zero-order chi connectivity index (χ0) is 22.5. The minimum Gasteiger partial charge on any atom is -0.322 e. The van der Waals surface area contributed by atoms with E-state index in [-0.39, 0.29) is 5.69 Å². The third kappa shape index (κ3) is 4.59. The molecule has 1 N–H and O–H groups in total. The van der Waals surface area contributed by atoms with E-state index in [1.807, 2.05) is 48.7 Å². The number of para-hydroxylation sites is 1. The molecular weight excluding hydrogens is 406 g/mol. The van der Waals surface area contributed by atoms with Crippen molar-refractivity contribution in [3.05, 3.63) is 107 Å². The number of carbonyl (C=O) groups excluding carboxylic acids is 1. The molecular formula is C24H19N5O3. The van der Waals surface area contributed by atoms with Crippen LogP contribution in [0.25, 0.3) is 23.0 Å². The van der Waals surface area contributed by atoms with E-state index < -0.39 is 10.8 Å². The standard InChI is InChI=1S/C24H19N5O3/c1-17-9-11-21(29(31)32)14-22(17)26-23(30)12-10-19-16-28(20-7-3-2-4-8-20)27-24(19)18-6-5-13-25-15-18/h2-16H,1H3,(H,26,30)/b12-10+. The maximum absolute atomic E-state index is 12.5. The molecule has 0 saturated carbocycles. The second kappa shape index (κ2) is 9.05. The highest BCUT2D eigenvalue weighted by Gasteiger charge is 2.12. The van der Waals surface area contributed by atoms with Gasteiger partial charge in [0.1, 0.15) is 5.69 Å². The van der Waals surface area contributed by atoms with Crippen molar-refractivity contribution in [3.63, 3.8) is 0 Å². The van der Waals surface area contributed by atoms with Gasteiger partial charge in [0.15, 0.2) is 0 Å². The largest absolute Gasteiger partial charge is 0.322 e. The summed E-state index contributed by atoms with van der Waals surface area (Å²) in [4.78, 5) is 27.2. The maximum Gasteiger partial charge on any atom is 0.271 e. The molecule has 8 heteroatoms. The molecule has 0 spiro atoms. The van der Waals surface area contributed by atoms with Crippen LogP contribution in [0.5, 0.6) is 0 Å². The first-order chi connectivity index (χ1) is 15.5. The van der Waals surface area contributed by atoms with Crippen molar-refractivity contribution in [2.24, 2.45) is 0 Å². The molecule has 1 amide bonds. The van der Waals surface area contributed by atoms with E-state index in [1.165, 1.54) is 18.2 Å². The van der Waals surface area contributed by atoms with Crippen LogP contribution >= 0.6 is 0 Å². The summed E-state index contributed by atoms with van der Waals surface area (Å²) in [6, 6.07) is 17.7. The van der Waals surface area contributed by atoms with Crippen molar-refractivity contribution in [2.75, 3.05) is 5.32 Å². The minimum atomic E-state index is -0.497. The Morgan fingerprint density at radius 3 is 2.66 bits per heavy atom. The lowest BCUT2D eigenvalue weighted by molar-refractivity contribution is -0.384. The quantitative estimate of drug-likeness (QED) is 0.271. The molecule has 0 fully saturated rings.